The number of fused-ring (bicyclic) bond motifs is 1. The number of hydrogen-bond acceptors (Lipinski definition) is 8. The number of allylic oxidation sites excluding steroid dienone is 1. The van der Waals surface area contributed by atoms with E-state index in [2.05, 4.69) is 15.4 Å². The molecule has 1 atom stereocenters. The first-order valence-corrected chi connectivity index (χ1v) is 7.81. The SMILES string of the molecule is COC(=O)C1=C(C)Nc2ncnn2[C@@H]1c1cc(OC)c(OC)c(OC)c1. The number of carbonyl (C=O) groups is 1. The van der Waals surface area contributed by atoms with Gasteiger partial charge in [0.25, 0.3) is 0 Å². The van der Waals surface area contributed by atoms with Gasteiger partial charge in [-0.1, -0.05) is 0 Å². The largest absolute Gasteiger partial charge is 0.493 e. The minimum Gasteiger partial charge on any atom is -0.493 e. The first-order chi connectivity index (χ1) is 12.5. The van der Waals surface area contributed by atoms with Gasteiger partial charge < -0.3 is 24.3 Å². The molecule has 3 rings (SSSR count). The van der Waals surface area contributed by atoms with Crippen LogP contribution >= 0.6 is 0 Å². The number of rotatable bonds is 5. The van der Waals surface area contributed by atoms with Gasteiger partial charge in [-0.3, -0.25) is 0 Å². The van der Waals surface area contributed by atoms with Crippen LogP contribution in [-0.4, -0.2) is 49.2 Å². The van der Waals surface area contributed by atoms with E-state index in [1.54, 1.807) is 23.7 Å². The molecule has 1 aliphatic heterocycles. The van der Waals surface area contributed by atoms with E-state index in [4.69, 9.17) is 18.9 Å². The molecule has 0 unspecified atom stereocenters. The molecule has 0 bridgehead atoms. The van der Waals surface area contributed by atoms with Crippen molar-refractivity contribution in [2.75, 3.05) is 33.8 Å². The highest BCUT2D eigenvalue weighted by atomic mass is 16.5. The lowest BCUT2D eigenvalue weighted by atomic mass is 9.95. The van der Waals surface area contributed by atoms with Crippen LogP contribution in [0.4, 0.5) is 5.95 Å². The van der Waals surface area contributed by atoms with Crippen LogP contribution < -0.4 is 19.5 Å². The maximum absolute atomic E-state index is 12.5. The molecule has 0 radical (unpaired) electrons. The average molecular weight is 360 g/mol. The number of esters is 1. The number of aromatic nitrogens is 3. The lowest BCUT2D eigenvalue weighted by molar-refractivity contribution is -0.136. The molecule has 0 amide bonds. The van der Waals surface area contributed by atoms with Gasteiger partial charge in [0.1, 0.15) is 12.4 Å². The zero-order valence-corrected chi connectivity index (χ0v) is 15.2. The van der Waals surface area contributed by atoms with Crippen molar-refractivity contribution < 1.29 is 23.7 Å². The number of carbonyl (C=O) groups excluding carboxylic acids is 1. The summed E-state index contributed by atoms with van der Waals surface area (Å²) < 4.78 is 22.8. The topological polar surface area (TPSA) is 96.7 Å². The summed E-state index contributed by atoms with van der Waals surface area (Å²) in [4.78, 5) is 16.6. The Kier molecular flexibility index (Phi) is 4.70. The Morgan fingerprint density at radius 2 is 1.77 bits per heavy atom. The van der Waals surface area contributed by atoms with Crippen LogP contribution in [0.3, 0.4) is 0 Å². The monoisotopic (exact) mass is 360 g/mol. The van der Waals surface area contributed by atoms with Crippen LogP contribution in [0.15, 0.2) is 29.7 Å². The van der Waals surface area contributed by atoms with Gasteiger partial charge in [-0.2, -0.15) is 10.1 Å². The zero-order chi connectivity index (χ0) is 18.8. The Morgan fingerprint density at radius 3 is 2.31 bits per heavy atom. The van der Waals surface area contributed by atoms with Crippen LogP contribution in [0.2, 0.25) is 0 Å². The molecule has 0 saturated carbocycles. The molecular formula is C17H20N4O5. The molecular weight excluding hydrogens is 340 g/mol. The van der Waals surface area contributed by atoms with Crippen molar-refractivity contribution in [1.82, 2.24) is 14.8 Å². The van der Waals surface area contributed by atoms with Crippen molar-refractivity contribution in [2.24, 2.45) is 0 Å². The van der Waals surface area contributed by atoms with Gasteiger partial charge in [0.05, 0.1) is 34.0 Å². The number of anilines is 1. The lowest BCUT2D eigenvalue weighted by Gasteiger charge is -2.28. The molecule has 9 nitrogen and oxygen atoms in total. The van der Waals surface area contributed by atoms with Crippen LogP contribution in [-0.2, 0) is 9.53 Å². The fraction of sp³-hybridized carbons (Fsp3) is 0.353. The molecule has 2 heterocycles. The highest BCUT2D eigenvalue weighted by molar-refractivity contribution is 5.92. The maximum atomic E-state index is 12.5. The van der Waals surface area contributed by atoms with E-state index in [1.807, 2.05) is 0 Å². The molecule has 1 N–H and O–H groups in total. The Morgan fingerprint density at radius 1 is 1.12 bits per heavy atom. The number of nitrogens with zero attached hydrogens (tertiary/aromatic N) is 3. The van der Waals surface area contributed by atoms with Gasteiger partial charge in [-0.05, 0) is 24.6 Å². The van der Waals surface area contributed by atoms with E-state index < -0.39 is 12.0 Å². The smallest absolute Gasteiger partial charge is 0.338 e. The normalized spacial score (nSPS) is 15.8. The summed E-state index contributed by atoms with van der Waals surface area (Å²) in [6, 6.07) is 2.99. The number of ether oxygens (including phenoxy) is 4. The van der Waals surface area contributed by atoms with Crippen LogP contribution in [0.5, 0.6) is 17.2 Å². The molecule has 0 saturated heterocycles. The summed E-state index contributed by atoms with van der Waals surface area (Å²) in [5.74, 6) is 1.48. The third-order valence-corrected chi connectivity index (χ3v) is 4.20. The fourth-order valence-electron chi connectivity index (χ4n) is 3.03. The van der Waals surface area contributed by atoms with E-state index >= 15 is 0 Å². The van der Waals surface area contributed by atoms with Crippen LogP contribution in [0, 0.1) is 0 Å². The number of hydrogen-bond donors (Lipinski definition) is 1. The molecule has 26 heavy (non-hydrogen) atoms. The van der Waals surface area contributed by atoms with Crippen LogP contribution in [0.25, 0.3) is 0 Å². The summed E-state index contributed by atoms with van der Waals surface area (Å²) in [5.41, 5.74) is 1.77. The number of benzene rings is 1. The van der Waals surface area contributed by atoms with Crippen molar-refractivity contribution in [3.8, 4) is 17.2 Å². The van der Waals surface area contributed by atoms with Gasteiger partial charge in [-0.15, -0.1) is 0 Å². The van der Waals surface area contributed by atoms with E-state index in [0.717, 1.165) is 0 Å². The molecule has 1 aromatic heterocycles. The summed E-state index contributed by atoms with van der Waals surface area (Å²) in [6.07, 6.45) is 1.42. The molecule has 0 fully saturated rings. The zero-order valence-electron chi connectivity index (χ0n) is 15.2. The quantitative estimate of drug-likeness (QED) is 0.806. The highest BCUT2D eigenvalue weighted by Gasteiger charge is 2.35. The summed E-state index contributed by atoms with van der Waals surface area (Å²) in [5, 5.41) is 7.32. The van der Waals surface area contributed by atoms with Crippen molar-refractivity contribution in [3.05, 3.63) is 35.3 Å². The second-order valence-electron chi connectivity index (χ2n) is 5.54. The first kappa shape index (κ1) is 17.6. The molecule has 1 aliphatic rings. The Labute approximate surface area is 150 Å². The van der Waals surface area contributed by atoms with E-state index in [-0.39, 0.29) is 0 Å². The second kappa shape index (κ2) is 6.95. The minimum atomic E-state index is -0.560. The number of nitrogens with one attached hydrogen (secondary N) is 1. The van der Waals surface area contributed by atoms with Gasteiger partial charge in [0.2, 0.25) is 11.7 Å². The van der Waals surface area contributed by atoms with E-state index in [1.165, 1.54) is 34.8 Å². The summed E-state index contributed by atoms with van der Waals surface area (Å²) >= 11 is 0. The maximum Gasteiger partial charge on any atom is 0.338 e. The molecule has 9 heteroatoms. The van der Waals surface area contributed by atoms with Crippen molar-refractivity contribution in [2.45, 2.75) is 13.0 Å². The van der Waals surface area contributed by atoms with Crippen molar-refractivity contribution in [3.63, 3.8) is 0 Å². The third-order valence-electron chi connectivity index (χ3n) is 4.20. The molecule has 138 valence electrons. The third kappa shape index (κ3) is 2.71. The standard InChI is InChI=1S/C17H20N4O5/c1-9-13(16(22)26-5)14(21-17(20-9)18-8-19-21)10-6-11(23-2)15(25-4)12(7-10)24-3/h6-8,14H,1-5H3,(H,18,19,20)/t14-/m1/s1. The average Bonchev–Trinajstić information content (AvgIpc) is 3.12. The summed E-state index contributed by atoms with van der Waals surface area (Å²) in [7, 11) is 5.94. The van der Waals surface area contributed by atoms with Gasteiger partial charge >= 0.3 is 5.97 Å². The summed E-state index contributed by atoms with van der Waals surface area (Å²) in [6.45, 7) is 1.79. The molecule has 2 aromatic rings. The molecule has 0 spiro atoms. The van der Waals surface area contributed by atoms with Gasteiger partial charge in [0, 0.05) is 5.70 Å². The Balaban J connectivity index is 2.25. The van der Waals surface area contributed by atoms with E-state index in [0.29, 0.717) is 40.0 Å². The number of methoxy groups -OCH3 is 4. The molecule has 1 aromatic carbocycles. The lowest BCUT2D eigenvalue weighted by Crippen LogP contribution is -2.29. The van der Waals surface area contributed by atoms with Crippen molar-refractivity contribution in [1.29, 1.82) is 0 Å². The first-order valence-electron chi connectivity index (χ1n) is 7.81. The minimum absolute atomic E-state index is 0.416. The molecule has 0 aliphatic carbocycles. The highest BCUT2D eigenvalue weighted by Crippen LogP contribution is 2.43. The Bertz CT molecular complexity index is 849. The van der Waals surface area contributed by atoms with Crippen LogP contribution in [0.1, 0.15) is 18.5 Å². The second-order valence-corrected chi connectivity index (χ2v) is 5.54. The van der Waals surface area contributed by atoms with E-state index in [9.17, 15) is 4.79 Å². The fourth-order valence-corrected chi connectivity index (χ4v) is 3.03. The predicted octanol–water partition coefficient (Wildman–Crippen LogP) is 1.77. The van der Waals surface area contributed by atoms with Gasteiger partial charge in [-0.25, -0.2) is 9.48 Å². The Hall–Kier alpha value is -3.23. The van der Waals surface area contributed by atoms with Crippen molar-refractivity contribution >= 4 is 11.9 Å². The predicted molar refractivity (Wildman–Crippen MR) is 92.6 cm³/mol. The van der Waals surface area contributed by atoms with Gasteiger partial charge in [0.15, 0.2) is 11.5 Å².